The molecule has 1 aliphatic heterocycles. The zero-order chi connectivity index (χ0) is 24.7. The van der Waals surface area contributed by atoms with Crippen molar-refractivity contribution in [1.29, 1.82) is 0 Å². The normalized spacial score (nSPS) is 30.8. The molecule has 1 saturated heterocycles. The summed E-state index contributed by atoms with van der Waals surface area (Å²) in [6, 6.07) is 0. The Kier molecular flexibility index (Phi) is 7.78. The van der Waals surface area contributed by atoms with Gasteiger partial charge in [-0.2, -0.15) is 13.6 Å². The fourth-order valence-corrected chi connectivity index (χ4v) is 6.07. The largest absolute Gasteiger partial charge is 0.490 e. The van der Waals surface area contributed by atoms with Crippen LogP contribution in [0, 0.1) is 12.3 Å². The summed E-state index contributed by atoms with van der Waals surface area (Å²) >= 11 is 6.24. The predicted molar refractivity (Wildman–Crippen MR) is 102 cm³/mol. The molecule has 17 nitrogen and oxygen atoms in total. The maximum absolute atomic E-state index is 12.1. The molecule has 2 rings (SSSR count). The Morgan fingerprint density at radius 1 is 1.31 bits per heavy atom. The molecule has 0 aromatic carbocycles. The topological polar surface area (TPSA) is 263 Å². The number of alkyl halides is 1. The summed E-state index contributed by atoms with van der Waals surface area (Å²) in [4.78, 5) is 52.8. The number of hydrogen-bond acceptors (Lipinski definition) is 12. The summed E-state index contributed by atoms with van der Waals surface area (Å²) in [6.07, 6.45) is -0.601. The zero-order valence-corrected chi connectivity index (χ0v) is 19.0. The molecule has 0 radical (unpaired) electrons. The lowest BCUT2D eigenvalue weighted by molar-refractivity contribution is -0.0751. The zero-order valence-electron chi connectivity index (χ0n) is 15.6. The van der Waals surface area contributed by atoms with Crippen molar-refractivity contribution in [3.8, 4) is 12.3 Å². The van der Waals surface area contributed by atoms with Gasteiger partial charge in [0.2, 0.25) is 5.95 Å². The summed E-state index contributed by atoms with van der Waals surface area (Å²) in [7, 11) is -16.9. The summed E-state index contributed by atoms with van der Waals surface area (Å²) in [5.74, 6) is 1.64. The number of aromatic nitrogens is 3. The predicted octanol–water partition coefficient (Wildman–Crippen LogP) is -1.18. The number of phosphoric ester groups is 1. The molecular weight excluding hydrogens is 525 g/mol. The molecule has 7 N–H and O–H groups in total. The van der Waals surface area contributed by atoms with Crippen LogP contribution < -0.4 is 11.4 Å². The number of nitrogens with zero attached hydrogens (tertiary/aromatic N) is 3. The van der Waals surface area contributed by atoms with Gasteiger partial charge in [-0.15, -0.1) is 6.42 Å². The van der Waals surface area contributed by atoms with Gasteiger partial charge in [0.05, 0.1) is 6.10 Å². The number of anilines is 1. The maximum Gasteiger partial charge on any atom is 0.490 e. The second-order valence-electron chi connectivity index (χ2n) is 6.12. The molecule has 1 aromatic rings. The third-order valence-electron chi connectivity index (χ3n) is 3.78. The van der Waals surface area contributed by atoms with Crippen molar-refractivity contribution in [2.75, 3.05) is 5.73 Å². The number of aliphatic hydroxyl groups is 1. The summed E-state index contributed by atoms with van der Waals surface area (Å²) < 4.78 is 52.0. The average Bonchev–Trinajstić information content (AvgIpc) is 2.84. The van der Waals surface area contributed by atoms with Gasteiger partial charge in [-0.3, -0.25) is 9.09 Å². The van der Waals surface area contributed by atoms with Crippen LogP contribution >= 0.6 is 35.1 Å². The van der Waals surface area contributed by atoms with Gasteiger partial charge < -0.3 is 35.2 Å². The number of nitrogen functional groups attached to an aromatic ring is 1. The second kappa shape index (κ2) is 9.21. The van der Waals surface area contributed by atoms with Gasteiger partial charge in [0, 0.05) is 0 Å². The molecule has 32 heavy (non-hydrogen) atoms. The number of nitrogens with two attached hydrogens (primary N) is 1. The number of halogens is 1. The quantitative estimate of drug-likeness (QED) is 0.129. The van der Waals surface area contributed by atoms with E-state index < -0.39 is 58.6 Å². The van der Waals surface area contributed by atoms with Crippen LogP contribution in [0.15, 0.2) is 11.1 Å². The molecule has 1 aliphatic rings. The highest BCUT2D eigenvalue weighted by molar-refractivity contribution is 7.66. The first-order chi connectivity index (χ1) is 14.4. The molecule has 1 aromatic heterocycles. The van der Waals surface area contributed by atoms with E-state index in [1.54, 1.807) is 0 Å². The minimum Gasteiger partial charge on any atom is -0.387 e. The summed E-state index contributed by atoms with van der Waals surface area (Å²) in [5.41, 5.74) is 4.28. The van der Waals surface area contributed by atoms with Crippen LogP contribution in [0.4, 0.5) is 5.95 Å². The molecule has 21 heteroatoms. The van der Waals surface area contributed by atoms with E-state index in [0.29, 0.717) is 4.57 Å². The third kappa shape index (κ3) is 6.22. The number of phosphoric acid groups is 3. The van der Waals surface area contributed by atoms with Crippen LogP contribution in [0.25, 0.3) is 0 Å². The fraction of sp³-hybridized carbons (Fsp3) is 0.545. The lowest BCUT2D eigenvalue weighted by Gasteiger charge is -2.26. The molecule has 0 amide bonds. The number of aliphatic hydroxyl groups excluding tert-OH is 1. The van der Waals surface area contributed by atoms with Gasteiger partial charge in [-0.1, -0.05) is 17.5 Å². The van der Waals surface area contributed by atoms with Gasteiger partial charge in [-0.05, 0) is 6.92 Å². The van der Waals surface area contributed by atoms with E-state index in [9.17, 15) is 33.4 Å². The van der Waals surface area contributed by atoms with E-state index in [2.05, 4.69) is 23.1 Å². The van der Waals surface area contributed by atoms with Crippen LogP contribution in [0.3, 0.4) is 0 Å². The molecule has 0 bridgehead atoms. The summed E-state index contributed by atoms with van der Waals surface area (Å²) in [6.45, 7) is 1.02. The lowest BCUT2D eigenvalue weighted by atomic mass is 9.97. The van der Waals surface area contributed by atoms with Crippen molar-refractivity contribution in [3.63, 3.8) is 0 Å². The van der Waals surface area contributed by atoms with Crippen LogP contribution in [-0.2, 0) is 31.6 Å². The van der Waals surface area contributed by atoms with Crippen LogP contribution in [-0.4, -0.2) is 62.4 Å². The molecule has 7 atom stereocenters. The van der Waals surface area contributed by atoms with Crippen molar-refractivity contribution in [3.05, 3.63) is 16.8 Å². The van der Waals surface area contributed by atoms with Gasteiger partial charge in [0.15, 0.2) is 11.1 Å². The molecule has 0 saturated carbocycles. The lowest BCUT2D eigenvalue weighted by Crippen LogP contribution is -2.45. The first-order valence-electron chi connectivity index (χ1n) is 7.94. The Bertz CT molecular complexity index is 1120. The van der Waals surface area contributed by atoms with Crippen LogP contribution in [0.2, 0.25) is 0 Å². The maximum atomic E-state index is 12.1. The fourth-order valence-electron chi connectivity index (χ4n) is 2.58. The Labute approximate surface area is 183 Å². The van der Waals surface area contributed by atoms with E-state index in [1.165, 1.54) is 0 Å². The Morgan fingerprint density at radius 2 is 1.91 bits per heavy atom. The summed E-state index contributed by atoms with van der Waals surface area (Å²) in [5, 5.41) is 10.5. The van der Waals surface area contributed by atoms with Crippen molar-refractivity contribution < 1.29 is 56.3 Å². The molecule has 3 unspecified atom stereocenters. The van der Waals surface area contributed by atoms with Crippen LogP contribution in [0.5, 0.6) is 0 Å². The van der Waals surface area contributed by atoms with Gasteiger partial charge in [0.25, 0.3) is 0 Å². The van der Waals surface area contributed by atoms with E-state index in [1.807, 2.05) is 5.92 Å². The minimum atomic E-state index is -5.78. The van der Waals surface area contributed by atoms with E-state index in [4.69, 9.17) is 38.3 Å². The molecule has 0 spiro atoms. The first kappa shape index (κ1) is 27.0. The van der Waals surface area contributed by atoms with Gasteiger partial charge >= 0.3 is 29.2 Å². The Morgan fingerprint density at radius 3 is 2.41 bits per heavy atom. The second-order valence-corrected chi connectivity index (χ2v) is 11.1. The van der Waals surface area contributed by atoms with Gasteiger partial charge in [-0.25, -0.2) is 23.5 Å². The van der Waals surface area contributed by atoms with E-state index in [-0.39, 0.29) is 5.95 Å². The molecule has 1 fully saturated rings. The third-order valence-corrected chi connectivity index (χ3v) is 8.23. The number of terminal acetylenes is 1. The average molecular weight is 541 g/mol. The molecular formula is C11H16ClN4O13P3. The molecule has 2 heterocycles. The van der Waals surface area contributed by atoms with Gasteiger partial charge in [0.1, 0.15) is 18.5 Å². The Balaban J connectivity index is 2.27. The van der Waals surface area contributed by atoms with Crippen molar-refractivity contribution in [2.24, 2.45) is 0 Å². The monoisotopic (exact) mass is 540 g/mol. The van der Waals surface area contributed by atoms with Crippen molar-refractivity contribution in [1.82, 2.24) is 14.5 Å². The number of ether oxygens (including phenoxy) is 1. The first-order valence-corrected chi connectivity index (χ1v) is 12.8. The minimum absolute atomic E-state index is 0.386. The van der Waals surface area contributed by atoms with Crippen LogP contribution in [0.1, 0.15) is 13.2 Å². The number of hydrogen-bond donors (Lipinski definition) is 6. The Hall–Kier alpha value is -1.21. The molecule has 180 valence electrons. The van der Waals surface area contributed by atoms with E-state index >= 15 is 0 Å². The van der Waals surface area contributed by atoms with Crippen molar-refractivity contribution >= 4 is 41.0 Å². The number of rotatable bonds is 8. The highest BCUT2D eigenvalue weighted by Gasteiger charge is 2.58. The SMILES string of the molecule is C#C[C@@]1(Cl)C(O)[C@@H]([C@@H](C)OP(=O)(O)OP(=O)(O)OP(=O)(O)O)O[C@H]1n1cnc(N)nc1=O. The highest BCUT2D eigenvalue weighted by atomic mass is 35.5. The molecule has 0 aliphatic carbocycles. The van der Waals surface area contributed by atoms with Crippen molar-refractivity contribution in [2.45, 2.75) is 36.3 Å². The smallest absolute Gasteiger partial charge is 0.387 e. The standard InChI is InChI=1S/C11H16ClN4O13P3/c1-3-11(12)7(17)6(26-8(11)16-4-14-9(13)15-10(16)18)5(2)27-31(22,23)29-32(24,25)28-30(19,20)21/h1,4-8,17H,2H3,(H,22,23)(H,24,25)(H2,13,15,18)(H2,19,20,21)/t5-,6-,7?,8-,11-/m1/s1. The van der Waals surface area contributed by atoms with E-state index in [0.717, 1.165) is 13.3 Å². The highest BCUT2D eigenvalue weighted by Crippen LogP contribution is 2.66.